The van der Waals surface area contributed by atoms with E-state index in [0.717, 1.165) is 25.7 Å². The molecule has 2 fully saturated rings. The van der Waals surface area contributed by atoms with E-state index in [2.05, 4.69) is 26.5 Å². The van der Waals surface area contributed by atoms with E-state index in [1.165, 1.54) is 5.57 Å². The van der Waals surface area contributed by atoms with Crippen LogP contribution in [0.5, 0.6) is 0 Å². The predicted molar refractivity (Wildman–Crippen MR) is 68.0 cm³/mol. The molecule has 2 heterocycles. The number of hydrogen-bond acceptors (Lipinski definition) is 3. The molecular weight excluding hydrogens is 228 g/mol. The van der Waals surface area contributed by atoms with Crippen LogP contribution in [0.3, 0.4) is 0 Å². The van der Waals surface area contributed by atoms with Gasteiger partial charge in [0.05, 0.1) is 5.60 Å². The molecule has 0 aromatic rings. The summed E-state index contributed by atoms with van der Waals surface area (Å²) in [5, 5.41) is 0. The smallest absolute Gasteiger partial charge is 0.334 e. The standard InChI is InChI=1S/C15H20O3/c1-9-5-4-8-15(3)13(18-15)12-11(7-6-9)10(2)14(16)17-12/h5,11-13H,2,4,6-8H2,1,3H3/b9-5+/t11-,12-,13-,15+/m1/s1. The summed E-state index contributed by atoms with van der Waals surface area (Å²) < 4.78 is 11.3. The molecule has 0 amide bonds. The van der Waals surface area contributed by atoms with Gasteiger partial charge < -0.3 is 9.47 Å². The average molecular weight is 248 g/mol. The second kappa shape index (κ2) is 3.95. The van der Waals surface area contributed by atoms with Crippen molar-refractivity contribution in [1.82, 2.24) is 0 Å². The first-order valence-corrected chi connectivity index (χ1v) is 6.74. The van der Waals surface area contributed by atoms with Crippen molar-refractivity contribution in [2.24, 2.45) is 5.92 Å². The molecule has 0 spiro atoms. The van der Waals surface area contributed by atoms with Gasteiger partial charge in [-0.05, 0) is 39.5 Å². The van der Waals surface area contributed by atoms with Crippen LogP contribution in [0.4, 0.5) is 0 Å². The van der Waals surface area contributed by atoms with Crippen molar-refractivity contribution < 1.29 is 14.3 Å². The van der Waals surface area contributed by atoms with Gasteiger partial charge in [-0.15, -0.1) is 0 Å². The fraction of sp³-hybridized carbons (Fsp3) is 0.667. The summed E-state index contributed by atoms with van der Waals surface area (Å²) in [5.41, 5.74) is 1.91. The molecule has 0 bridgehead atoms. The Labute approximate surface area is 108 Å². The van der Waals surface area contributed by atoms with Crippen LogP contribution in [-0.4, -0.2) is 23.8 Å². The number of rotatable bonds is 0. The van der Waals surface area contributed by atoms with Gasteiger partial charge in [0.2, 0.25) is 0 Å². The van der Waals surface area contributed by atoms with Gasteiger partial charge in [-0.25, -0.2) is 4.79 Å². The highest BCUT2D eigenvalue weighted by atomic mass is 16.6. The summed E-state index contributed by atoms with van der Waals surface area (Å²) in [7, 11) is 0. The molecule has 0 aromatic heterocycles. The molecule has 0 saturated carbocycles. The number of epoxide rings is 1. The third-order valence-corrected chi connectivity index (χ3v) is 4.57. The Morgan fingerprint density at radius 3 is 3.06 bits per heavy atom. The van der Waals surface area contributed by atoms with Crippen LogP contribution in [-0.2, 0) is 14.3 Å². The summed E-state index contributed by atoms with van der Waals surface area (Å²) in [4.78, 5) is 11.7. The Morgan fingerprint density at radius 1 is 1.50 bits per heavy atom. The molecule has 0 radical (unpaired) electrons. The zero-order chi connectivity index (χ0) is 12.9. The molecule has 98 valence electrons. The normalized spacial score (nSPS) is 46.6. The first kappa shape index (κ1) is 12.0. The van der Waals surface area contributed by atoms with Crippen LogP contribution in [0.25, 0.3) is 0 Å². The highest BCUT2D eigenvalue weighted by Crippen LogP contribution is 2.49. The molecular formula is C15H20O3. The molecule has 3 aliphatic rings. The second-order valence-corrected chi connectivity index (χ2v) is 5.98. The summed E-state index contributed by atoms with van der Waals surface area (Å²) in [6.07, 6.45) is 6.25. The fourth-order valence-electron chi connectivity index (χ4n) is 3.20. The molecule has 3 nitrogen and oxygen atoms in total. The van der Waals surface area contributed by atoms with Crippen LogP contribution >= 0.6 is 0 Å². The first-order chi connectivity index (χ1) is 8.51. The van der Waals surface area contributed by atoms with Gasteiger partial charge in [0.25, 0.3) is 0 Å². The van der Waals surface area contributed by atoms with Gasteiger partial charge in [0.15, 0.2) is 0 Å². The van der Waals surface area contributed by atoms with E-state index in [9.17, 15) is 4.79 Å². The number of allylic oxidation sites excluding steroid dienone is 2. The largest absolute Gasteiger partial charge is 0.455 e. The monoisotopic (exact) mass is 248 g/mol. The highest BCUT2D eigenvalue weighted by Gasteiger charge is 2.61. The van der Waals surface area contributed by atoms with Crippen LogP contribution in [0.15, 0.2) is 23.8 Å². The van der Waals surface area contributed by atoms with Crippen molar-refractivity contribution >= 4 is 5.97 Å². The van der Waals surface area contributed by atoms with Crippen LogP contribution in [0.1, 0.15) is 39.5 Å². The van der Waals surface area contributed by atoms with E-state index in [-0.39, 0.29) is 29.7 Å². The van der Waals surface area contributed by atoms with Gasteiger partial charge in [-0.3, -0.25) is 0 Å². The Hall–Kier alpha value is -1.09. The third kappa shape index (κ3) is 1.81. The Bertz CT molecular complexity index is 437. The molecule has 1 aliphatic carbocycles. The minimum atomic E-state index is -0.233. The summed E-state index contributed by atoms with van der Waals surface area (Å²) in [6, 6.07) is 0. The zero-order valence-electron chi connectivity index (χ0n) is 11.1. The van der Waals surface area contributed by atoms with Crippen LogP contribution in [0.2, 0.25) is 0 Å². The molecule has 3 heteroatoms. The quantitative estimate of drug-likeness (QED) is 0.286. The van der Waals surface area contributed by atoms with Gasteiger partial charge in [-0.1, -0.05) is 18.2 Å². The summed E-state index contributed by atoms with van der Waals surface area (Å²) in [6.45, 7) is 8.17. The van der Waals surface area contributed by atoms with Crippen LogP contribution < -0.4 is 0 Å². The lowest BCUT2D eigenvalue weighted by Crippen LogP contribution is -2.28. The van der Waals surface area contributed by atoms with E-state index >= 15 is 0 Å². The number of fused-ring (bicyclic) bond motifs is 3. The molecule has 18 heavy (non-hydrogen) atoms. The van der Waals surface area contributed by atoms with E-state index in [0.29, 0.717) is 5.57 Å². The van der Waals surface area contributed by atoms with Crippen LogP contribution in [0, 0.1) is 5.92 Å². The van der Waals surface area contributed by atoms with E-state index in [1.54, 1.807) is 0 Å². The summed E-state index contributed by atoms with van der Waals surface area (Å²) >= 11 is 0. The average Bonchev–Trinajstić information content (AvgIpc) is 2.90. The van der Waals surface area contributed by atoms with Crippen molar-refractivity contribution in [2.45, 2.75) is 57.3 Å². The van der Waals surface area contributed by atoms with Crippen molar-refractivity contribution in [3.63, 3.8) is 0 Å². The second-order valence-electron chi connectivity index (χ2n) is 5.98. The van der Waals surface area contributed by atoms with Crippen molar-refractivity contribution in [2.75, 3.05) is 0 Å². The van der Waals surface area contributed by atoms with E-state index in [1.807, 2.05) is 0 Å². The maximum atomic E-state index is 11.7. The number of hydrogen-bond donors (Lipinski definition) is 0. The molecule has 0 N–H and O–H groups in total. The first-order valence-electron chi connectivity index (χ1n) is 6.74. The molecule has 4 atom stereocenters. The zero-order valence-corrected chi connectivity index (χ0v) is 11.1. The summed E-state index contributed by atoms with van der Waals surface area (Å²) in [5.74, 6) is -0.102. The van der Waals surface area contributed by atoms with E-state index in [4.69, 9.17) is 9.47 Å². The maximum absolute atomic E-state index is 11.7. The maximum Gasteiger partial charge on any atom is 0.334 e. The fourth-order valence-corrected chi connectivity index (χ4v) is 3.20. The molecule has 0 unspecified atom stereocenters. The molecule has 2 saturated heterocycles. The van der Waals surface area contributed by atoms with Crippen molar-refractivity contribution in [3.8, 4) is 0 Å². The minimum absolute atomic E-state index is 0.0671. The Balaban J connectivity index is 1.87. The third-order valence-electron chi connectivity index (χ3n) is 4.57. The molecule has 2 aliphatic heterocycles. The number of carbonyl (C=O) groups excluding carboxylic acids is 1. The lowest BCUT2D eigenvalue weighted by Gasteiger charge is -2.19. The van der Waals surface area contributed by atoms with Gasteiger partial charge >= 0.3 is 5.97 Å². The topological polar surface area (TPSA) is 38.8 Å². The van der Waals surface area contributed by atoms with Gasteiger partial charge in [-0.2, -0.15) is 0 Å². The molecule has 0 aromatic carbocycles. The number of ether oxygens (including phenoxy) is 2. The van der Waals surface area contributed by atoms with Crippen molar-refractivity contribution in [1.29, 1.82) is 0 Å². The predicted octanol–water partition coefficient (Wildman–Crippen LogP) is 2.76. The van der Waals surface area contributed by atoms with Crippen molar-refractivity contribution in [3.05, 3.63) is 23.8 Å². The Kier molecular flexibility index (Phi) is 2.63. The van der Waals surface area contributed by atoms with E-state index < -0.39 is 0 Å². The molecule has 3 rings (SSSR count). The lowest BCUT2D eigenvalue weighted by molar-refractivity contribution is -0.140. The Morgan fingerprint density at radius 2 is 2.28 bits per heavy atom. The minimum Gasteiger partial charge on any atom is -0.455 e. The van der Waals surface area contributed by atoms with Gasteiger partial charge in [0.1, 0.15) is 12.2 Å². The number of carbonyl (C=O) groups is 1. The SMILES string of the molecule is C=C1C(=O)O[C@@H]2[C@@H]1CC/C(C)=C/CC[C@]1(C)O[C@H]21. The lowest BCUT2D eigenvalue weighted by atomic mass is 9.84. The highest BCUT2D eigenvalue weighted by molar-refractivity contribution is 5.91. The number of esters is 1. The van der Waals surface area contributed by atoms with Gasteiger partial charge in [0, 0.05) is 11.5 Å².